The van der Waals surface area contributed by atoms with E-state index in [1.54, 1.807) is 27.9 Å². The Hall–Kier alpha value is -2.74. The molecule has 7 nitrogen and oxygen atoms in total. The molecule has 0 unspecified atom stereocenters. The number of aromatic nitrogens is 3. The fourth-order valence-electron chi connectivity index (χ4n) is 2.94. The van der Waals surface area contributed by atoms with E-state index >= 15 is 0 Å². The van der Waals surface area contributed by atoms with E-state index in [0.717, 1.165) is 16.8 Å². The molecule has 3 aromatic rings. The van der Waals surface area contributed by atoms with Crippen molar-refractivity contribution >= 4 is 34.5 Å². The summed E-state index contributed by atoms with van der Waals surface area (Å²) >= 11 is 1.32. The number of rotatable bonds is 7. The van der Waals surface area contributed by atoms with Crippen LogP contribution in [0, 0.1) is 13.8 Å². The van der Waals surface area contributed by atoms with Gasteiger partial charge in [-0.2, -0.15) is 0 Å². The van der Waals surface area contributed by atoms with Crippen LogP contribution in [0.5, 0.6) is 5.75 Å². The molecule has 2 aromatic heterocycles. The van der Waals surface area contributed by atoms with Gasteiger partial charge in [0, 0.05) is 17.3 Å². The number of imidazole rings is 1. The van der Waals surface area contributed by atoms with E-state index in [4.69, 9.17) is 9.47 Å². The third-order valence-corrected chi connectivity index (χ3v) is 5.08. The van der Waals surface area contributed by atoms with Crippen LogP contribution in [0.25, 0.3) is 11.0 Å². The first kappa shape index (κ1) is 19.0. The molecular formula is C19H21N3O4S. The summed E-state index contributed by atoms with van der Waals surface area (Å²) in [5.41, 5.74) is 3.80. The Balaban J connectivity index is 1.75. The number of esters is 1. The van der Waals surface area contributed by atoms with Gasteiger partial charge in [0.2, 0.25) is 0 Å². The second-order valence-corrected chi connectivity index (χ2v) is 6.95. The number of benzene rings is 1. The first-order valence-electron chi connectivity index (χ1n) is 8.50. The lowest BCUT2D eigenvalue weighted by molar-refractivity contribution is 0.0519. The monoisotopic (exact) mass is 387 g/mol. The number of nitrogens with zero attached hydrogens (tertiary/aromatic N) is 1. The maximum Gasteiger partial charge on any atom is 0.355 e. The van der Waals surface area contributed by atoms with Gasteiger partial charge in [0.15, 0.2) is 10.9 Å². The number of aryl methyl sites for hydroxylation is 1. The zero-order chi connectivity index (χ0) is 19.6. The van der Waals surface area contributed by atoms with Crippen LogP contribution >= 0.6 is 11.8 Å². The molecule has 2 N–H and O–H groups in total. The first-order valence-corrected chi connectivity index (χ1v) is 9.49. The Kier molecular flexibility index (Phi) is 5.55. The fraction of sp³-hybridized carbons (Fsp3) is 0.316. The largest absolute Gasteiger partial charge is 0.497 e. The van der Waals surface area contributed by atoms with Gasteiger partial charge in [-0.3, -0.25) is 4.79 Å². The number of hydrogen-bond donors (Lipinski definition) is 2. The summed E-state index contributed by atoms with van der Waals surface area (Å²) in [7, 11) is 1.61. The van der Waals surface area contributed by atoms with Crippen molar-refractivity contribution in [2.45, 2.75) is 25.9 Å². The highest BCUT2D eigenvalue weighted by Crippen LogP contribution is 2.25. The molecule has 0 saturated heterocycles. The highest BCUT2D eigenvalue weighted by atomic mass is 32.2. The molecule has 27 heavy (non-hydrogen) atoms. The fourth-order valence-corrected chi connectivity index (χ4v) is 3.70. The number of hydrogen-bond acceptors (Lipinski definition) is 6. The Labute approximate surface area is 160 Å². The van der Waals surface area contributed by atoms with Gasteiger partial charge in [-0.1, -0.05) is 11.8 Å². The van der Waals surface area contributed by atoms with Crippen LogP contribution in [-0.2, 0) is 4.74 Å². The number of carbonyl (C=O) groups is 2. The molecular weight excluding hydrogens is 366 g/mol. The number of thioether (sulfide) groups is 1. The van der Waals surface area contributed by atoms with E-state index in [9.17, 15) is 9.59 Å². The number of nitrogens with one attached hydrogen (secondary N) is 2. The van der Waals surface area contributed by atoms with Crippen molar-refractivity contribution < 1.29 is 19.1 Å². The highest BCUT2D eigenvalue weighted by molar-refractivity contribution is 7.99. The molecule has 3 rings (SSSR count). The van der Waals surface area contributed by atoms with Gasteiger partial charge in [-0.05, 0) is 38.5 Å². The number of methoxy groups -OCH3 is 1. The summed E-state index contributed by atoms with van der Waals surface area (Å²) in [6.07, 6.45) is 0. The smallest absolute Gasteiger partial charge is 0.355 e. The summed E-state index contributed by atoms with van der Waals surface area (Å²) in [5, 5.41) is 0.656. The van der Waals surface area contributed by atoms with Crippen molar-refractivity contribution in [3.05, 3.63) is 40.7 Å². The Morgan fingerprint density at radius 2 is 2.00 bits per heavy atom. The average molecular weight is 387 g/mol. The van der Waals surface area contributed by atoms with Crippen LogP contribution in [0.1, 0.15) is 39.0 Å². The van der Waals surface area contributed by atoms with E-state index in [-0.39, 0.29) is 18.1 Å². The van der Waals surface area contributed by atoms with Gasteiger partial charge in [0.1, 0.15) is 11.4 Å². The van der Waals surface area contributed by atoms with E-state index < -0.39 is 5.97 Å². The SMILES string of the molecule is CCOC(=O)c1[nH]c(C)c(C(=O)CSc2nc3ccc(OC)cc3[nH]2)c1C. The van der Waals surface area contributed by atoms with E-state index in [1.165, 1.54) is 11.8 Å². The molecule has 0 radical (unpaired) electrons. The van der Waals surface area contributed by atoms with Gasteiger partial charge in [0.25, 0.3) is 0 Å². The number of ether oxygens (including phenoxy) is 2. The quantitative estimate of drug-likeness (QED) is 0.365. The van der Waals surface area contributed by atoms with Crippen LogP contribution < -0.4 is 4.74 Å². The van der Waals surface area contributed by atoms with Gasteiger partial charge in [-0.15, -0.1) is 0 Å². The summed E-state index contributed by atoms with van der Waals surface area (Å²) in [6.45, 7) is 5.56. The molecule has 2 heterocycles. The molecule has 8 heteroatoms. The van der Waals surface area contributed by atoms with Crippen molar-refractivity contribution in [2.24, 2.45) is 0 Å². The zero-order valence-corrected chi connectivity index (χ0v) is 16.5. The maximum atomic E-state index is 12.7. The predicted molar refractivity (Wildman–Crippen MR) is 104 cm³/mol. The normalized spacial score (nSPS) is 11.0. The number of Topliss-reactive ketones (excluding diaryl/α,β-unsaturated/α-hetero) is 1. The maximum absolute atomic E-state index is 12.7. The lowest BCUT2D eigenvalue weighted by atomic mass is 10.1. The molecule has 0 bridgehead atoms. The molecule has 0 aliphatic rings. The molecule has 0 atom stereocenters. The lowest BCUT2D eigenvalue weighted by Crippen LogP contribution is -2.08. The molecule has 0 saturated carbocycles. The van der Waals surface area contributed by atoms with Gasteiger partial charge >= 0.3 is 5.97 Å². The van der Waals surface area contributed by atoms with Crippen LogP contribution in [0.4, 0.5) is 0 Å². The second-order valence-electron chi connectivity index (χ2n) is 5.98. The third-order valence-electron chi connectivity index (χ3n) is 4.20. The van der Waals surface area contributed by atoms with Crippen molar-refractivity contribution in [2.75, 3.05) is 19.5 Å². The van der Waals surface area contributed by atoms with Crippen molar-refractivity contribution in [1.82, 2.24) is 15.0 Å². The number of H-pyrrole nitrogens is 2. The minimum absolute atomic E-state index is 0.0696. The topological polar surface area (TPSA) is 97.1 Å². The van der Waals surface area contributed by atoms with Crippen molar-refractivity contribution in [3.63, 3.8) is 0 Å². The first-order chi connectivity index (χ1) is 12.9. The number of carbonyl (C=O) groups excluding carboxylic acids is 2. The number of ketones is 1. The second kappa shape index (κ2) is 7.87. The van der Waals surface area contributed by atoms with E-state index in [1.807, 2.05) is 18.2 Å². The van der Waals surface area contributed by atoms with Crippen LogP contribution in [0.15, 0.2) is 23.4 Å². The molecule has 0 aliphatic carbocycles. The van der Waals surface area contributed by atoms with Gasteiger partial charge in [0.05, 0.1) is 30.5 Å². The summed E-state index contributed by atoms with van der Waals surface area (Å²) in [6, 6.07) is 5.56. The van der Waals surface area contributed by atoms with E-state index in [2.05, 4.69) is 15.0 Å². The highest BCUT2D eigenvalue weighted by Gasteiger charge is 2.23. The predicted octanol–water partition coefficient (Wildman–Crippen LogP) is 3.67. The van der Waals surface area contributed by atoms with Gasteiger partial charge in [-0.25, -0.2) is 9.78 Å². The van der Waals surface area contributed by atoms with Gasteiger partial charge < -0.3 is 19.4 Å². The van der Waals surface area contributed by atoms with Crippen molar-refractivity contribution in [1.29, 1.82) is 0 Å². The minimum atomic E-state index is -0.448. The third kappa shape index (κ3) is 3.85. The van der Waals surface area contributed by atoms with E-state index in [0.29, 0.717) is 27.7 Å². The molecule has 1 aromatic carbocycles. The molecule has 0 amide bonds. The number of fused-ring (bicyclic) bond motifs is 1. The molecule has 142 valence electrons. The molecule has 0 spiro atoms. The molecule has 0 aliphatic heterocycles. The minimum Gasteiger partial charge on any atom is -0.497 e. The average Bonchev–Trinajstić information content (AvgIpc) is 3.19. The van der Waals surface area contributed by atoms with Crippen LogP contribution in [0.3, 0.4) is 0 Å². The van der Waals surface area contributed by atoms with Crippen LogP contribution in [0.2, 0.25) is 0 Å². The summed E-state index contributed by atoms with van der Waals surface area (Å²) in [5.74, 6) is 0.429. The summed E-state index contributed by atoms with van der Waals surface area (Å²) < 4.78 is 10.2. The summed E-state index contributed by atoms with van der Waals surface area (Å²) in [4.78, 5) is 35.3. The Morgan fingerprint density at radius 3 is 2.70 bits per heavy atom. The Morgan fingerprint density at radius 1 is 1.22 bits per heavy atom. The van der Waals surface area contributed by atoms with Crippen molar-refractivity contribution in [3.8, 4) is 5.75 Å². The Bertz CT molecular complexity index is 1010. The lowest BCUT2D eigenvalue weighted by Gasteiger charge is -2.02. The zero-order valence-electron chi connectivity index (χ0n) is 15.6. The molecule has 0 fully saturated rings. The standard InChI is InChI=1S/C19H21N3O4S/c1-5-26-18(24)17-10(2)16(11(3)20-17)15(23)9-27-19-21-13-7-6-12(25-4)8-14(13)22-19/h6-8,20H,5,9H2,1-4H3,(H,21,22). The number of aromatic amines is 2. The van der Waals surface area contributed by atoms with Crippen LogP contribution in [-0.4, -0.2) is 46.2 Å².